The Bertz CT molecular complexity index is 828. The lowest BCUT2D eigenvalue weighted by Gasteiger charge is -2.21. The quantitative estimate of drug-likeness (QED) is 0.541. The van der Waals surface area contributed by atoms with Crippen molar-refractivity contribution in [3.63, 3.8) is 0 Å². The molecule has 1 N–H and O–H groups in total. The topological polar surface area (TPSA) is 95.7 Å². The van der Waals surface area contributed by atoms with Crippen LogP contribution in [0, 0.1) is 0 Å². The fourth-order valence-electron chi connectivity index (χ4n) is 1.98. The molecule has 0 bridgehead atoms. The van der Waals surface area contributed by atoms with Crippen molar-refractivity contribution in [2.45, 2.75) is 32.9 Å². The summed E-state index contributed by atoms with van der Waals surface area (Å²) in [5.74, 6) is 0.585. The highest BCUT2D eigenvalue weighted by atomic mass is 35.5. The van der Waals surface area contributed by atoms with Crippen molar-refractivity contribution >= 4 is 11.6 Å². The predicted molar refractivity (Wildman–Crippen MR) is 99.9 cm³/mol. The summed E-state index contributed by atoms with van der Waals surface area (Å²) in [4.78, 5) is 16.4. The first-order valence-electron chi connectivity index (χ1n) is 8.23. The van der Waals surface area contributed by atoms with Gasteiger partial charge in [-0.05, 0) is 26.8 Å². The number of rotatable bonds is 8. The van der Waals surface area contributed by atoms with Crippen LogP contribution in [0.3, 0.4) is 0 Å². The van der Waals surface area contributed by atoms with Crippen LogP contribution < -0.4 is 15.0 Å². The minimum Gasteiger partial charge on any atom is -0.496 e. The molecule has 0 aliphatic rings. The number of aliphatic hydroxyl groups excluding tert-OH is 1. The molecule has 146 valence electrons. The number of halogens is 1. The molecule has 9 heteroatoms. The first kappa shape index (κ1) is 20.7. The van der Waals surface area contributed by atoms with E-state index in [-0.39, 0.29) is 30.6 Å². The van der Waals surface area contributed by atoms with Gasteiger partial charge in [0, 0.05) is 17.8 Å². The second-order valence-electron chi connectivity index (χ2n) is 6.49. The Morgan fingerprint density at radius 3 is 2.67 bits per heavy atom. The zero-order valence-electron chi connectivity index (χ0n) is 15.4. The van der Waals surface area contributed by atoms with Gasteiger partial charge in [-0.2, -0.15) is 5.10 Å². The van der Waals surface area contributed by atoms with Crippen molar-refractivity contribution in [2.75, 3.05) is 13.2 Å². The van der Waals surface area contributed by atoms with Gasteiger partial charge in [-0.15, -0.1) is 0 Å². The van der Waals surface area contributed by atoms with E-state index in [4.69, 9.17) is 30.9 Å². The highest BCUT2D eigenvalue weighted by Crippen LogP contribution is 2.22. The molecule has 0 atom stereocenters. The normalized spacial score (nSPS) is 11.6. The molecule has 2 rings (SSSR count). The average molecular weight is 396 g/mol. The Balaban J connectivity index is 1.96. The smallest absolute Gasteiger partial charge is 0.289 e. The molecule has 2 aromatic rings. The third-order valence-corrected chi connectivity index (χ3v) is 3.61. The molecule has 27 heavy (non-hydrogen) atoms. The van der Waals surface area contributed by atoms with Crippen LogP contribution >= 0.6 is 11.6 Å². The second kappa shape index (κ2) is 9.38. The molecule has 0 radical (unpaired) electrons. The van der Waals surface area contributed by atoms with Crippen molar-refractivity contribution in [3.8, 4) is 11.6 Å². The summed E-state index contributed by atoms with van der Waals surface area (Å²) in [5.41, 5.74) is -0.117. The van der Waals surface area contributed by atoms with Crippen LogP contribution in [0.1, 0.15) is 26.3 Å². The van der Waals surface area contributed by atoms with Gasteiger partial charge in [0.25, 0.3) is 5.56 Å². The monoisotopic (exact) mass is 395 g/mol. The van der Waals surface area contributed by atoms with Crippen LogP contribution in [-0.4, -0.2) is 33.1 Å². The predicted octanol–water partition coefficient (Wildman–Crippen LogP) is 2.48. The third-order valence-electron chi connectivity index (χ3n) is 3.26. The number of pyridine rings is 1. The number of aromatic nitrogens is 3. The van der Waals surface area contributed by atoms with Crippen molar-refractivity contribution in [1.29, 1.82) is 0 Å². The van der Waals surface area contributed by atoms with E-state index in [9.17, 15) is 4.79 Å². The average Bonchev–Trinajstić information content (AvgIpc) is 2.63. The maximum atomic E-state index is 12.3. The molecule has 0 spiro atoms. The first-order valence-corrected chi connectivity index (χ1v) is 8.61. The van der Waals surface area contributed by atoms with Gasteiger partial charge in [-0.25, -0.2) is 9.67 Å². The number of hydrogen-bond donors (Lipinski definition) is 1. The van der Waals surface area contributed by atoms with Crippen LogP contribution in [0.4, 0.5) is 0 Å². The van der Waals surface area contributed by atoms with Gasteiger partial charge in [-0.1, -0.05) is 11.6 Å². The zero-order valence-corrected chi connectivity index (χ0v) is 16.1. The van der Waals surface area contributed by atoms with Crippen LogP contribution in [0.2, 0.25) is 5.02 Å². The molecule has 0 saturated heterocycles. The molecule has 0 fully saturated rings. The Kier molecular flexibility index (Phi) is 7.20. The molecular formula is C18H22ClN3O5. The van der Waals surface area contributed by atoms with E-state index in [0.717, 1.165) is 5.56 Å². The van der Waals surface area contributed by atoms with Crippen molar-refractivity contribution in [2.24, 2.45) is 0 Å². The van der Waals surface area contributed by atoms with Crippen molar-refractivity contribution in [1.82, 2.24) is 14.8 Å². The Morgan fingerprint density at radius 1 is 1.26 bits per heavy atom. The number of hydrogen-bond acceptors (Lipinski definition) is 7. The van der Waals surface area contributed by atoms with Crippen LogP contribution in [0.25, 0.3) is 0 Å². The fraction of sp³-hybridized carbons (Fsp3) is 0.389. The van der Waals surface area contributed by atoms with Crippen LogP contribution in [0.15, 0.2) is 41.8 Å². The molecule has 8 nitrogen and oxygen atoms in total. The van der Waals surface area contributed by atoms with E-state index in [1.54, 1.807) is 18.3 Å². The molecule has 0 aromatic carbocycles. The standard InChI is InChI=1S/C18H22ClN3O5/c1-18(2,3)22-17(24)16(19)14(11-21-22)27-12-13-4-5-15(20-10-13)26-9-8-25-7-6-23/h4-5,8-11,23H,6-7,12H2,1-3H3/b9-8+. The van der Waals surface area contributed by atoms with Crippen LogP contribution in [0.5, 0.6) is 11.6 Å². The second-order valence-corrected chi connectivity index (χ2v) is 6.87. The maximum absolute atomic E-state index is 12.3. The summed E-state index contributed by atoms with van der Waals surface area (Å²) in [6.45, 7) is 5.89. The van der Waals surface area contributed by atoms with Gasteiger partial charge in [0.15, 0.2) is 10.8 Å². The van der Waals surface area contributed by atoms with Gasteiger partial charge in [0.2, 0.25) is 5.88 Å². The van der Waals surface area contributed by atoms with Gasteiger partial charge < -0.3 is 19.3 Å². The lowest BCUT2D eigenvalue weighted by molar-refractivity contribution is 0.162. The van der Waals surface area contributed by atoms with Crippen molar-refractivity contribution in [3.05, 3.63) is 58.0 Å². The summed E-state index contributed by atoms with van der Waals surface area (Å²) in [5, 5.41) is 12.7. The summed E-state index contributed by atoms with van der Waals surface area (Å²) in [6.07, 6.45) is 5.65. The fourth-order valence-corrected chi connectivity index (χ4v) is 2.16. The highest BCUT2D eigenvalue weighted by Gasteiger charge is 2.19. The summed E-state index contributed by atoms with van der Waals surface area (Å²) >= 11 is 6.12. The third kappa shape index (κ3) is 5.97. The van der Waals surface area contributed by atoms with E-state index >= 15 is 0 Å². The van der Waals surface area contributed by atoms with E-state index in [2.05, 4.69) is 10.1 Å². The van der Waals surface area contributed by atoms with Crippen molar-refractivity contribution < 1.29 is 19.3 Å². The summed E-state index contributed by atoms with van der Waals surface area (Å²) in [6, 6.07) is 3.43. The molecule has 0 amide bonds. The lowest BCUT2D eigenvalue weighted by atomic mass is 10.1. The van der Waals surface area contributed by atoms with Gasteiger partial charge in [-0.3, -0.25) is 4.79 Å². The Morgan fingerprint density at radius 2 is 2.04 bits per heavy atom. The van der Waals surface area contributed by atoms with Gasteiger partial charge in [0.05, 0.1) is 18.3 Å². The highest BCUT2D eigenvalue weighted by molar-refractivity contribution is 6.31. The maximum Gasteiger partial charge on any atom is 0.289 e. The largest absolute Gasteiger partial charge is 0.496 e. The lowest BCUT2D eigenvalue weighted by Crippen LogP contribution is -2.36. The number of nitrogens with zero attached hydrogens (tertiary/aromatic N) is 3. The molecule has 2 heterocycles. The van der Waals surface area contributed by atoms with E-state index < -0.39 is 11.1 Å². The Hall–Kier alpha value is -2.58. The molecule has 0 unspecified atom stereocenters. The summed E-state index contributed by atoms with van der Waals surface area (Å²) < 4.78 is 17.1. The van der Waals surface area contributed by atoms with Gasteiger partial charge in [0.1, 0.15) is 25.7 Å². The number of ether oxygens (including phenoxy) is 3. The summed E-state index contributed by atoms with van der Waals surface area (Å²) in [7, 11) is 0. The SMILES string of the molecule is CC(C)(C)n1ncc(OCc2ccc(O/C=C/OCCO)nc2)c(Cl)c1=O. The molecule has 0 aliphatic heterocycles. The van der Waals surface area contributed by atoms with Gasteiger partial charge >= 0.3 is 0 Å². The zero-order chi connectivity index (χ0) is 19.9. The van der Waals surface area contributed by atoms with E-state index in [1.807, 2.05) is 20.8 Å². The molecular weight excluding hydrogens is 374 g/mol. The van der Waals surface area contributed by atoms with E-state index in [0.29, 0.717) is 5.88 Å². The minimum atomic E-state index is -0.476. The molecule has 0 aliphatic carbocycles. The van der Waals surface area contributed by atoms with Crippen LogP contribution in [-0.2, 0) is 16.9 Å². The molecule has 0 saturated carbocycles. The Labute approximate surface area is 162 Å². The minimum absolute atomic E-state index is 0.0131. The van der Waals surface area contributed by atoms with E-state index in [1.165, 1.54) is 23.4 Å². The first-order chi connectivity index (χ1) is 12.8. The number of aliphatic hydroxyl groups is 1. The molecule has 2 aromatic heterocycles.